The highest BCUT2D eigenvalue weighted by Crippen LogP contribution is 2.25. The van der Waals surface area contributed by atoms with E-state index in [1.54, 1.807) is 11.3 Å². The molecule has 0 unspecified atom stereocenters. The van der Waals surface area contributed by atoms with Crippen LogP contribution in [-0.4, -0.2) is 22.3 Å². The summed E-state index contributed by atoms with van der Waals surface area (Å²) < 4.78 is 0. The van der Waals surface area contributed by atoms with E-state index < -0.39 is 0 Å². The van der Waals surface area contributed by atoms with Gasteiger partial charge in [-0.25, -0.2) is 4.98 Å². The van der Waals surface area contributed by atoms with Gasteiger partial charge in [-0.2, -0.15) is 11.8 Å². The third-order valence-corrected chi connectivity index (χ3v) is 4.77. The van der Waals surface area contributed by atoms with E-state index >= 15 is 0 Å². The largest absolute Gasteiger partial charge is 0.299 e. The number of ketones is 1. The second-order valence-electron chi connectivity index (χ2n) is 4.33. The van der Waals surface area contributed by atoms with E-state index in [1.807, 2.05) is 24.1 Å². The molecule has 1 aliphatic heterocycles. The Balaban J connectivity index is 1.79. The zero-order chi connectivity index (χ0) is 11.4. The summed E-state index contributed by atoms with van der Waals surface area (Å²) >= 11 is 3.64. The van der Waals surface area contributed by atoms with Crippen LogP contribution in [0.25, 0.3) is 0 Å². The van der Waals surface area contributed by atoms with Crippen molar-refractivity contribution < 1.29 is 4.79 Å². The van der Waals surface area contributed by atoms with Gasteiger partial charge in [0.2, 0.25) is 0 Å². The predicted octanol–water partition coefficient (Wildman–Crippen LogP) is 3.10. The van der Waals surface area contributed by atoms with E-state index in [4.69, 9.17) is 0 Å². The van der Waals surface area contributed by atoms with Crippen LogP contribution in [0.15, 0.2) is 5.38 Å². The number of aromatic nitrogens is 1. The molecule has 0 bridgehead atoms. The summed E-state index contributed by atoms with van der Waals surface area (Å²) in [4.78, 5) is 16.2. The van der Waals surface area contributed by atoms with Gasteiger partial charge in [0.1, 0.15) is 5.78 Å². The highest BCUT2D eigenvalue weighted by molar-refractivity contribution is 7.99. The van der Waals surface area contributed by atoms with E-state index in [-0.39, 0.29) is 0 Å². The minimum absolute atomic E-state index is 0.363. The molecule has 0 amide bonds. The molecule has 0 saturated carbocycles. The average molecular weight is 255 g/mol. The van der Waals surface area contributed by atoms with Gasteiger partial charge < -0.3 is 0 Å². The molecule has 88 valence electrons. The van der Waals surface area contributed by atoms with Crippen LogP contribution in [0.2, 0.25) is 0 Å². The third kappa shape index (κ3) is 3.59. The summed E-state index contributed by atoms with van der Waals surface area (Å²) in [5, 5.41) is 3.06. The standard InChI is InChI=1S/C12H17NOS2/c1-9-13-11(8-16-9)7-12(14)6-10-2-4-15-5-3-10/h8,10H,2-7H2,1H3. The molecule has 1 aromatic heterocycles. The minimum atomic E-state index is 0.363. The van der Waals surface area contributed by atoms with E-state index in [9.17, 15) is 4.79 Å². The smallest absolute Gasteiger partial charge is 0.139 e. The summed E-state index contributed by atoms with van der Waals surface area (Å²) in [5.41, 5.74) is 0.956. The quantitative estimate of drug-likeness (QED) is 0.828. The normalized spacial score (nSPS) is 17.6. The number of hydrogen-bond donors (Lipinski definition) is 0. The van der Waals surface area contributed by atoms with E-state index in [2.05, 4.69) is 4.98 Å². The zero-order valence-electron chi connectivity index (χ0n) is 9.57. The lowest BCUT2D eigenvalue weighted by molar-refractivity contribution is -0.119. The molecule has 0 spiro atoms. The summed E-state index contributed by atoms with van der Waals surface area (Å²) in [7, 11) is 0. The number of nitrogens with zero attached hydrogens (tertiary/aromatic N) is 1. The Morgan fingerprint density at radius 1 is 1.50 bits per heavy atom. The van der Waals surface area contributed by atoms with Crippen LogP contribution in [-0.2, 0) is 11.2 Å². The van der Waals surface area contributed by atoms with Crippen LogP contribution in [0.1, 0.15) is 30.0 Å². The maximum absolute atomic E-state index is 11.8. The van der Waals surface area contributed by atoms with Gasteiger partial charge in [-0.1, -0.05) is 0 Å². The van der Waals surface area contributed by atoms with Crippen molar-refractivity contribution in [3.8, 4) is 0 Å². The first kappa shape index (κ1) is 12.1. The number of thiazole rings is 1. The van der Waals surface area contributed by atoms with Crippen molar-refractivity contribution in [3.05, 3.63) is 16.1 Å². The second kappa shape index (κ2) is 5.82. The van der Waals surface area contributed by atoms with Gasteiger partial charge in [0.25, 0.3) is 0 Å². The van der Waals surface area contributed by atoms with Gasteiger partial charge in [-0.3, -0.25) is 4.79 Å². The van der Waals surface area contributed by atoms with Crippen molar-refractivity contribution in [2.75, 3.05) is 11.5 Å². The Hall–Kier alpha value is -0.350. The number of aryl methyl sites for hydroxylation is 1. The minimum Gasteiger partial charge on any atom is -0.299 e. The molecule has 2 rings (SSSR count). The number of hydrogen-bond acceptors (Lipinski definition) is 4. The van der Waals surface area contributed by atoms with Crippen molar-refractivity contribution >= 4 is 28.9 Å². The van der Waals surface area contributed by atoms with Crippen molar-refractivity contribution in [1.29, 1.82) is 0 Å². The number of Topliss-reactive ketones (excluding diaryl/α,β-unsaturated/α-hetero) is 1. The lowest BCUT2D eigenvalue weighted by Gasteiger charge is -2.20. The molecule has 4 heteroatoms. The number of rotatable bonds is 4. The van der Waals surface area contributed by atoms with E-state index in [1.165, 1.54) is 24.3 Å². The van der Waals surface area contributed by atoms with Gasteiger partial charge in [-0.05, 0) is 37.2 Å². The van der Waals surface area contributed by atoms with Gasteiger partial charge >= 0.3 is 0 Å². The van der Waals surface area contributed by atoms with Crippen molar-refractivity contribution in [2.45, 2.75) is 32.6 Å². The first-order valence-electron chi connectivity index (χ1n) is 5.74. The van der Waals surface area contributed by atoms with Gasteiger partial charge in [0.15, 0.2) is 0 Å². The number of thioether (sulfide) groups is 1. The third-order valence-electron chi connectivity index (χ3n) is 2.90. The van der Waals surface area contributed by atoms with Crippen LogP contribution >= 0.6 is 23.1 Å². The molecule has 2 heterocycles. The van der Waals surface area contributed by atoms with Crippen LogP contribution in [0.5, 0.6) is 0 Å². The molecule has 1 aliphatic rings. The maximum atomic E-state index is 11.8. The Morgan fingerprint density at radius 3 is 2.88 bits per heavy atom. The van der Waals surface area contributed by atoms with Crippen molar-refractivity contribution in [1.82, 2.24) is 4.98 Å². The van der Waals surface area contributed by atoms with Gasteiger partial charge in [-0.15, -0.1) is 11.3 Å². The number of carbonyl (C=O) groups excluding carboxylic acids is 1. The van der Waals surface area contributed by atoms with Crippen LogP contribution in [0.3, 0.4) is 0 Å². The monoisotopic (exact) mass is 255 g/mol. The SMILES string of the molecule is Cc1nc(CC(=O)CC2CCSCC2)cs1. The Labute approximate surface area is 105 Å². The molecule has 0 aromatic carbocycles. The predicted molar refractivity (Wildman–Crippen MR) is 70.2 cm³/mol. The lowest BCUT2D eigenvalue weighted by atomic mass is 9.95. The van der Waals surface area contributed by atoms with Crippen LogP contribution in [0.4, 0.5) is 0 Å². The summed E-state index contributed by atoms with van der Waals surface area (Å²) in [5.74, 6) is 3.46. The lowest BCUT2D eigenvalue weighted by Crippen LogP contribution is -2.15. The molecular weight excluding hydrogens is 238 g/mol. The first-order chi connectivity index (χ1) is 7.74. The molecule has 1 fully saturated rings. The Kier molecular flexibility index (Phi) is 4.41. The molecule has 0 N–H and O–H groups in total. The topological polar surface area (TPSA) is 30.0 Å². The summed E-state index contributed by atoms with van der Waals surface area (Å²) in [6.45, 7) is 1.98. The van der Waals surface area contributed by atoms with Crippen LogP contribution in [0, 0.1) is 12.8 Å². The fourth-order valence-electron chi connectivity index (χ4n) is 2.04. The summed E-state index contributed by atoms with van der Waals surface area (Å²) in [6, 6.07) is 0. The summed E-state index contributed by atoms with van der Waals surface area (Å²) in [6.07, 6.45) is 3.73. The fraction of sp³-hybridized carbons (Fsp3) is 0.667. The Morgan fingerprint density at radius 2 is 2.25 bits per heavy atom. The first-order valence-corrected chi connectivity index (χ1v) is 7.78. The molecule has 1 aromatic rings. The highest BCUT2D eigenvalue weighted by Gasteiger charge is 2.17. The molecule has 16 heavy (non-hydrogen) atoms. The average Bonchev–Trinajstić information content (AvgIpc) is 2.65. The molecule has 1 saturated heterocycles. The number of carbonyl (C=O) groups is 1. The fourth-order valence-corrected chi connectivity index (χ4v) is 3.85. The molecule has 0 radical (unpaired) electrons. The Bertz CT molecular complexity index is 356. The highest BCUT2D eigenvalue weighted by atomic mass is 32.2. The van der Waals surface area contributed by atoms with Crippen molar-refractivity contribution in [3.63, 3.8) is 0 Å². The van der Waals surface area contributed by atoms with Crippen molar-refractivity contribution in [2.24, 2.45) is 5.92 Å². The molecule has 0 atom stereocenters. The van der Waals surface area contributed by atoms with Gasteiger partial charge in [0.05, 0.1) is 10.7 Å². The second-order valence-corrected chi connectivity index (χ2v) is 6.62. The van der Waals surface area contributed by atoms with E-state index in [0.29, 0.717) is 18.1 Å². The van der Waals surface area contributed by atoms with Crippen LogP contribution < -0.4 is 0 Å². The molecule has 0 aliphatic carbocycles. The maximum Gasteiger partial charge on any atom is 0.139 e. The van der Waals surface area contributed by atoms with E-state index in [0.717, 1.165) is 17.1 Å². The molecular formula is C12H17NOS2. The zero-order valence-corrected chi connectivity index (χ0v) is 11.2. The molecule has 2 nitrogen and oxygen atoms in total. The van der Waals surface area contributed by atoms with Gasteiger partial charge in [0, 0.05) is 18.2 Å².